The maximum atomic E-state index is 12.0. The number of aromatic nitrogens is 1. The smallest absolute Gasteiger partial charge is 0.224 e. The molecule has 2 N–H and O–H groups in total. The van der Waals surface area contributed by atoms with Gasteiger partial charge in [0, 0.05) is 23.6 Å². The van der Waals surface area contributed by atoms with Gasteiger partial charge in [-0.3, -0.25) is 4.79 Å². The molecule has 0 bridgehead atoms. The van der Waals surface area contributed by atoms with E-state index in [0.29, 0.717) is 18.3 Å². The summed E-state index contributed by atoms with van der Waals surface area (Å²) in [5, 5.41) is 6.31. The number of halogens is 1. The van der Waals surface area contributed by atoms with Crippen LogP contribution in [-0.4, -0.2) is 24.0 Å². The Hall–Kier alpha value is -1.85. The molecule has 6 heteroatoms. The topological polar surface area (TPSA) is 67.2 Å². The van der Waals surface area contributed by atoms with Crippen LogP contribution in [0.2, 0.25) is 0 Å². The highest BCUT2D eigenvalue weighted by Crippen LogP contribution is 2.40. The van der Waals surface area contributed by atoms with Gasteiger partial charge in [-0.15, -0.1) is 12.4 Å². The van der Waals surface area contributed by atoms with Gasteiger partial charge in [-0.25, -0.2) is 4.98 Å². The molecule has 1 saturated carbocycles. The molecule has 2 aliphatic rings. The third-order valence-electron chi connectivity index (χ3n) is 4.85. The van der Waals surface area contributed by atoms with Gasteiger partial charge >= 0.3 is 0 Å². The monoisotopic (exact) mass is 361 g/mol. The third kappa shape index (κ3) is 4.61. The summed E-state index contributed by atoms with van der Waals surface area (Å²) in [6.45, 7) is 2.12. The average Bonchev–Trinajstić information content (AvgIpc) is 3.12. The van der Waals surface area contributed by atoms with Crippen molar-refractivity contribution in [1.82, 2.24) is 10.3 Å². The van der Waals surface area contributed by atoms with E-state index >= 15 is 0 Å². The first kappa shape index (κ1) is 18.0. The van der Waals surface area contributed by atoms with E-state index in [9.17, 15) is 4.79 Å². The van der Waals surface area contributed by atoms with Gasteiger partial charge in [0.25, 0.3) is 0 Å². The molecule has 1 amide bonds. The summed E-state index contributed by atoms with van der Waals surface area (Å²) in [4.78, 5) is 16.4. The van der Waals surface area contributed by atoms with E-state index in [1.807, 2.05) is 24.3 Å². The highest BCUT2D eigenvalue weighted by Gasteiger charge is 2.28. The van der Waals surface area contributed by atoms with Gasteiger partial charge in [0.2, 0.25) is 5.91 Å². The van der Waals surface area contributed by atoms with Crippen LogP contribution < -0.4 is 10.6 Å². The maximum absolute atomic E-state index is 12.0. The fraction of sp³-hybridized carbons (Fsp3) is 0.474. The zero-order valence-electron chi connectivity index (χ0n) is 14.2. The van der Waals surface area contributed by atoms with Crippen LogP contribution >= 0.6 is 12.4 Å². The van der Waals surface area contributed by atoms with Crippen molar-refractivity contribution < 1.29 is 9.21 Å². The minimum atomic E-state index is 0. The number of carbonyl (C=O) groups is 1. The summed E-state index contributed by atoms with van der Waals surface area (Å²) in [5.41, 5.74) is 1.82. The number of hydrogen-bond donors (Lipinski definition) is 2. The fourth-order valence-corrected chi connectivity index (χ4v) is 3.18. The summed E-state index contributed by atoms with van der Waals surface area (Å²) < 4.78 is 5.81. The molecule has 0 spiro atoms. The normalized spacial score (nSPS) is 19.4. The second kappa shape index (κ2) is 8.02. The lowest BCUT2D eigenvalue weighted by Crippen LogP contribution is -2.14. The van der Waals surface area contributed by atoms with Crippen molar-refractivity contribution in [1.29, 1.82) is 0 Å². The Kier molecular flexibility index (Phi) is 5.76. The summed E-state index contributed by atoms with van der Waals surface area (Å²) in [7, 11) is 0. The van der Waals surface area contributed by atoms with Crippen molar-refractivity contribution in [2.75, 3.05) is 18.4 Å². The number of amides is 1. The lowest BCUT2D eigenvalue weighted by Gasteiger charge is -2.09. The Bertz CT molecular complexity index is 704. The molecule has 5 nitrogen and oxygen atoms in total. The van der Waals surface area contributed by atoms with E-state index in [1.165, 1.54) is 19.3 Å². The van der Waals surface area contributed by atoms with Gasteiger partial charge in [-0.1, -0.05) is 0 Å². The predicted molar refractivity (Wildman–Crippen MR) is 100 cm³/mol. The third-order valence-corrected chi connectivity index (χ3v) is 4.85. The van der Waals surface area contributed by atoms with Crippen LogP contribution in [0.4, 0.5) is 5.69 Å². The number of anilines is 1. The number of nitrogens with zero attached hydrogens (tertiary/aromatic N) is 1. The van der Waals surface area contributed by atoms with Gasteiger partial charge in [-0.05, 0) is 69.0 Å². The minimum Gasteiger partial charge on any atom is -0.440 e. The molecule has 1 unspecified atom stereocenters. The molecule has 134 valence electrons. The minimum absolute atomic E-state index is 0. The number of benzene rings is 1. The Morgan fingerprint density at radius 2 is 2.04 bits per heavy atom. The zero-order valence-corrected chi connectivity index (χ0v) is 15.0. The lowest BCUT2D eigenvalue weighted by molar-refractivity contribution is -0.116. The predicted octanol–water partition coefficient (Wildman–Crippen LogP) is 3.97. The van der Waals surface area contributed by atoms with Gasteiger partial charge in [0.1, 0.15) is 0 Å². The van der Waals surface area contributed by atoms with E-state index in [0.717, 1.165) is 42.4 Å². The molecule has 4 rings (SSSR count). The summed E-state index contributed by atoms with van der Waals surface area (Å²) in [5.74, 6) is 2.90. The maximum Gasteiger partial charge on any atom is 0.224 e. The van der Waals surface area contributed by atoms with Crippen molar-refractivity contribution in [3.05, 3.63) is 36.4 Å². The van der Waals surface area contributed by atoms with Crippen LogP contribution in [0.5, 0.6) is 0 Å². The molecule has 1 aromatic heterocycles. The van der Waals surface area contributed by atoms with Crippen molar-refractivity contribution in [2.24, 2.45) is 5.92 Å². The summed E-state index contributed by atoms with van der Waals surface area (Å²) in [6.07, 6.45) is 6.88. The number of hydrogen-bond acceptors (Lipinski definition) is 4. The molecule has 0 radical (unpaired) electrons. The van der Waals surface area contributed by atoms with Crippen molar-refractivity contribution in [3.63, 3.8) is 0 Å². The van der Waals surface area contributed by atoms with Crippen LogP contribution in [0, 0.1) is 5.92 Å². The van der Waals surface area contributed by atoms with Crippen LogP contribution in [0.25, 0.3) is 11.3 Å². The van der Waals surface area contributed by atoms with Crippen LogP contribution in [-0.2, 0) is 4.79 Å². The Morgan fingerprint density at radius 1 is 1.24 bits per heavy atom. The lowest BCUT2D eigenvalue weighted by atomic mass is 10.0. The van der Waals surface area contributed by atoms with Crippen LogP contribution in [0.3, 0.4) is 0 Å². The number of oxazole rings is 1. The molecule has 2 fully saturated rings. The molecular formula is C19H24ClN3O2. The molecule has 25 heavy (non-hydrogen) atoms. The molecule has 2 aromatic rings. The molecule has 1 aliphatic carbocycles. The van der Waals surface area contributed by atoms with Crippen LogP contribution in [0.15, 0.2) is 34.9 Å². The van der Waals surface area contributed by atoms with E-state index < -0.39 is 0 Å². The SMILES string of the molecule is Cl.O=C(CCC1CCNC1)Nc1ccc(-c2cnc(C3CC3)o2)cc1. The van der Waals surface area contributed by atoms with Crippen molar-refractivity contribution in [2.45, 2.75) is 38.0 Å². The zero-order chi connectivity index (χ0) is 16.4. The van der Waals surface area contributed by atoms with E-state index in [2.05, 4.69) is 15.6 Å². The van der Waals surface area contributed by atoms with Gasteiger partial charge in [0.15, 0.2) is 11.7 Å². The second-order valence-corrected chi connectivity index (χ2v) is 6.86. The Balaban J connectivity index is 0.00000182. The number of carbonyl (C=O) groups excluding carboxylic acids is 1. The largest absolute Gasteiger partial charge is 0.440 e. The number of rotatable bonds is 6. The molecule has 2 heterocycles. The Labute approximate surface area is 154 Å². The Morgan fingerprint density at radius 3 is 2.72 bits per heavy atom. The van der Waals surface area contributed by atoms with Crippen molar-refractivity contribution in [3.8, 4) is 11.3 Å². The first-order valence-corrected chi connectivity index (χ1v) is 8.84. The molecule has 1 saturated heterocycles. The molecular weight excluding hydrogens is 338 g/mol. The second-order valence-electron chi connectivity index (χ2n) is 6.86. The van der Waals surface area contributed by atoms with Gasteiger partial charge in [-0.2, -0.15) is 0 Å². The average molecular weight is 362 g/mol. The molecule has 1 aliphatic heterocycles. The summed E-state index contributed by atoms with van der Waals surface area (Å²) in [6, 6.07) is 7.77. The molecule has 1 aromatic carbocycles. The fourth-order valence-electron chi connectivity index (χ4n) is 3.18. The van der Waals surface area contributed by atoms with Crippen molar-refractivity contribution >= 4 is 24.0 Å². The summed E-state index contributed by atoms with van der Waals surface area (Å²) >= 11 is 0. The highest BCUT2D eigenvalue weighted by atomic mass is 35.5. The first-order valence-electron chi connectivity index (χ1n) is 8.84. The quantitative estimate of drug-likeness (QED) is 0.817. The van der Waals surface area contributed by atoms with Crippen LogP contribution in [0.1, 0.15) is 43.9 Å². The van der Waals surface area contributed by atoms with E-state index in [1.54, 1.807) is 6.20 Å². The van der Waals surface area contributed by atoms with Gasteiger partial charge < -0.3 is 15.1 Å². The standard InChI is InChI=1S/C19H23N3O2.ClH/c23-18(8-1-13-9-10-20-11-13)22-16-6-4-14(5-7-16)17-12-21-19(24-17)15-2-3-15;/h4-7,12-13,15,20H,1-3,8-11H2,(H,22,23);1H. The molecule has 1 atom stereocenters. The van der Waals surface area contributed by atoms with Gasteiger partial charge in [0.05, 0.1) is 6.20 Å². The highest BCUT2D eigenvalue weighted by molar-refractivity contribution is 5.90. The van der Waals surface area contributed by atoms with E-state index in [4.69, 9.17) is 4.42 Å². The first-order chi connectivity index (χ1) is 11.8. The van der Waals surface area contributed by atoms with E-state index in [-0.39, 0.29) is 18.3 Å². The number of nitrogens with one attached hydrogen (secondary N) is 2.